The number of ether oxygens (including phenoxy) is 1. The number of hydrogen-bond acceptors (Lipinski definition) is 5. The number of hydrogen-bond donors (Lipinski definition) is 0. The van der Waals surface area contributed by atoms with Crippen LogP contribution in [0.3, 0.4) is 0 Å². The lowest BCUT2D eigenvalue weighted by Gasteiger charge is -2.34. The first-order valence-electron chi connectivity index (χ1n) is 6.67. The highest BCUT2D eigenvalue weighted by Crippen LogP contribution is 2.28. The topological polar surface area (TPSA) is 80.8 Å². The van der Waals surface area contributed by atoms with E-state index in [9.17, 15) is 16.8 Å². The van der Waals surface area contributed by atoms with Crippen LogP contribution in [0.1, 0.15) is 13.8 Å². The fraction of sp³-hybridized carbons (Fsp3) is 0.538. The number of sulfone groups is 1. The Morgan fingerprint density at radius 3 is 2.18 bits per heavy atom. The molecule has 1 aliphatic rings. The molecule has 1 heterocycles. The summed E-state index contributed by atoms with van der Waals surface area (Å²) in [6, 6.07) is 4.04. The van der Waals surface area contributed by atoms with E-state index in [1.54, 1.807) is 0 Å². The normalized spacial score (nSPS) is 24.4. The highest BCUT2D eigenvalue weighted by atomic mass is 79.9. The maximum atomic E-state index is 12.7. The minimum atomic E-state index is -3.76. The maximum absolute atomic E-state index is 12.7. The lowest BCUT2D eigenvalue weighted by Crippen LogP contribution is -2.48. The summed E-state index contributed by atoms with van der Waals surface area (Å²) in [7, 11) is -7.28. The first-order valence-corrected chi connectivity index (χ1v) is 10.8. The average Bonchev–Trinajstić information content (AvgIpc) is 2.36. The van der Waals surface area contributed by atoms with Gasteiger partial charge in [-0.25, -0.2) is 16.8 Å². The Kier molecular flexibility index (Phi) is 5.03. The van der Waals surface area contributed by atoms with Crippen molar-refractivity contribution in [2.75, 3.05) is 19.3 Å². The van der Waals surface area contributed by atoms with Crippen molar-refractivity contribution in [3.63, 3.8) is 0 Å². The molecule has 1 aliphatic heterocycles. The van der Waals surface area contributed by atoms with Crippen molar-refractivity contribution in [2.24, 2.45) is 0 Å². The van der Waals surface area contributed by atoms with E-state index in [2.05, 4.69) is 15.9 Å². The van der Waals surface area contributed by atoms with Crippen molar-refractivity contribution in [3.8, 4) is 0 Å². The number of nitrogens with zero attached hydrogens (tertiary/aromatic N) is 1. The van der Waals surface area contributed by atoms with Gasteiger partial charge in [0.05, 0.1) is 22.0 Å². The molecular formula is C13H18BrNO5S2. The Hall–Kier alpha value is -0.480. The van der Waals surface area contributed by atoms with E-state index in [4.69, 9.17) is 4.74 Å². The molecule has 2 atom stereocenters. The van der Waals surface area contributed by atoms with Crippen LogP contribution >= 0.6 is 15.9 Å². The Balaban J connectivity index is 2.46. The first-order chi connectivity index (χ1) is 10.0. The van der Waals surface area contributed by atoms with Gasteiger partial charge < -0.3 is 4.74 Å². The predicted molar refractivity (Wildman–Crippen MR) is 86.0 cm³/mol. The molecule has 2 rings (SSSR count). The predicted octanol–water partition coefficient (Wildman–Crippen LogP) is 1.65. The van der Waals surface area contributed by atoms with E-state index in [0.717, 1.165) is 6.26 Å². The molecule has 1 aromatic carbocycles. The van der Waals surface area contributed by atoms with E-state index >= 15 is 0 Å². The van der Waals surface area contributed by atoms with Gasteiger partial charge in [-0.2, -0.15) is 4.31 Å². The summed E-state index contributed by atoms with van der Waals surface area (Å²) in [6.45, 7) is 4.11. The van der Waals surface area contributed by atoms with Gasteiger partial charge in [0, 0.05) is 23.8 Å². The smallest absolute Gasteiger partial charge is 0.243 e. The van der Waals surface area contributed by atoms with E-state index in [-0.39, 0.29) is 35.1 Å². The Morgan fingerprint density at radius 1 is 1.14 bits per heavy atom. The molecule has 9 heteroatoms. The van der Waals surface area contributed by atoms with Crippen LogP contribution in [0.15, 0.2) is 32.5 Å². The Labute approximate surface area is 139 Å². The van der Waals surface area contributed by atoms with E-state index in [1.165, 1.54) is 22.5 Å². The standard InChI is InChI=1S/C13H18BrNO5S2/c1-9-7-15(8-10(2)20-9)22(18,19)11-4-5-12(14)13(6-11)21(3,16)17/h4-6,9-10H,7-8H2,1-3H3. The van der Waals surface area contributed by atoms with Crippen LogP contribution in [-0.4, -0.2) is 52.7 Å². The summed E-state index contributed by atoms with van der Waals surface area (Å²) < 4.78 is 56.2. The molecule has 0 radical (unpaired) electrons. The van der Waals surface area contributed by atoms with Crippen LogP contribution in [-0.2, 0) is 24.6 Å². The van der Waals surface area contributed by atoms with Gasteiger partial charge in [0.1, 0.15) is 0 Å². The maximum Gasteiger partial charge on any atom is 0.243 e. The van der Waals surface area contributed by atoms with Crippen molar-refractivity contribution in [2.45, 2.75) is 35.8 Å². The summed E-state index contributed by atoms with van der Waals surface area (Å²) in [5.74, 6) is 0. The van der Waals surface area contributed by atoms with Crippen LogP contribution in [0.25, 0.3) is 0 Å². The molecule has 6 nitrogen and oxygen atoms in total. The molecule has 2 unspecified atom stereocenters. The van der Waals surface area contributed by atoms with Gasteiger partial charge in [0.15, 0.2) is 9.84 Å². The Morgan fingerprint density at radius 2 is 1.68 bits per heavy atom. The van der Waals surface area contributed by atoms with Crippen molar-refractivity contribution >= 4 is 35.8 Å². The molecule has 1 aromatic rings. The average molecular weight is 412 g/mol. The molecule has 0 N–H and O–H groups in total. The summed E-state index contributed by atoms with van der Waals surface area (Å²) in [5.41, 5.74) is 0. The fourth-order valence-corrected chi connectivity index (χ4v) is 5.99. The molecule has 0 aliphatic carbocycles. The van der Waals surface area contributed by atoms with E-state index in [0.29, 0.717) is 4.47 Å². The molecule has 124 valence electrons. The lowest BCUT2D eigenvalue weighted by molar-refractivity contribution is -0.0440. The van der Waals surface area contributed by atoms with Crippen molar-refractivity contribution in [1.29, 1.82) is 0 Å². The van der Waals surface area contributed by atoms with Crippen LogP contribution in [0, 0.1) is 0 Å². The zero-order valence-corrected chi connectivity index (χ0v) is 15.7. The number of halogens is 1. The third-order valence-electron chi connectivity index (χ3n) is 3.33. The molecule has 0 amide bonds. The second-order valence-electron chi connectivity index (χ2n) is 5.44. The molecule has 22 heavy (non-hydrogen) atoms. The van der Waals surface area contributed by atoms with E-state index in [1.807, 2.05) is 13.8 Å². The van der Waals surface area contributed by atoms with Crippen molar-refractivity contribution in [3.05, 3.63) is 22.7 Å². The van der Waals surface area contributed by atoms with Crippen LogP contribution in [0.4, 0.5) is 0 Å². The van der Waals surface area contributed by atoms with Crippen LogP contribution < -0.4 is 0 Å². The SMILES string of the molecule is CC1CN(S(=O)(=O)c2ccc(Br)c(S(C)(=O)=O)c2)CC(C)O1. The van der Waals surface area contributed by atoms with E-state index < -0.39 is 19.9 Å². The Bertz CT molecular complexity index is 766. The van der Waals surface area contributed by atoms with Gasteiger partial charge >= 0.3 is 0 Å². The number of morpholine rings is 1. The summed E-state index contributed by atoms with van der Waals surface area (Å²) >= 11 is 3.14. The quantitative estimate of drug-likeness (QED) is 0.754. The summed E-state index contributed by atoms with van der Waals surface area (Å²) in [5, 5.41) is 0. The van der Waals surface area contributed by atoms with Gasteiger partial charge in [-0.3, -0.25) is 0 Å². The fourth-order valence-electron chi connectivity index (χ4n) is 2.40. The molecule has 1 saturated heterocycles. The molecule has 0 saturated carbocycles. The minimum Gasteiger partial charge on any atom is -0.373 e. The third kappa shape index (κ3) is 3.70. The highest BCUT2D eigenvalue weighted by molar-refractivity contribution is 9.10. The highest BCUT2D eigenvalue weighted by Gasteiger charge is 2.32. The lowest BCUT2D eigenvalue weighted by atomic mass is 10.3. The molecule has 1 fully saturated rings. The number of sulfonamides is 1. The van der Waals surface area contributed by atoms with Gasteiger partial charge in [-0.05, 0) is 48.0 Å². The van der Waals surface area contributed by atoms with Gasteiger partial charge in [-0.15, -0.1) is 0 Å². The third-order valence-corrected chi connectivity index (χ3v) is 7.24. The number of benzene rings is 1. The monoisotopic (exact) mass is 411 g/mol. The zero-order valence-electron chi connectivity index (χ0n) is 12.5. The largest absolute Gasteiger partial charge is 0.373 e. The van der Waals surface area contributed by atoms with Gasteiger partial charge in [0.2, 0.25) is 10.0 Å². The summed E-state index contributed by atoms with van der Waals surface area (Å²) in [6.07, 6.45) is 0.634. The van der Waals surface area contributed by atoms with Crippen molar-refractivity contribution in [1.82, 2.24) is 4.31 Å². The second-order valence-corrected chi connectivity index (χ2v) is 10.2. The van der Waals surface area contributed by atoms with Gasteiger partial charge in [-0.1, -0.05) is 0 Å². The molecular weight excluding hydrogens is 394 g/mol. The molecule has 0 spiro atoms. The van der Waals surface area contributed by atoms with Crippen molar-refractivity contribution < 1.29 is 21.6 Å². The molecule has 0 aromatic heterocycles. The zero-order chi connectivity index (χ0) is 16.7. The van der Waals surface area contributed by atoms with Crippen LogP contribution in [0.2, 0.25) is 0 Å². The minimum absolute atomic E-state index is 0.0302. The van der Waals surface area contributed by atoms with Crippen LogP contribution in [0.5, 0.6) is 0 Å². The second kappa shape index (κ2) is 6.20. The van der Waals surface area contributed by atoms with Gasteiger partial charge in [0.25, 0.3) is 0 Å². The first kappa shape index (κ1) is 17.9. The number of rotatable bonds is 3. The molecule has 0 bridgehead atoms. The summed E-state index contributed by atoms with van der Waals surface area (Å²) in [4.78, 5) is -0.0691.